The molecule has 1 saturated heterocycles. The maximum absolute atomic E-state index is 14.7. The van der Waals surface area contributed by atoms with Crippen LogP contribution in [0.3, 0.4) is 0 Å². The van der Waals surface area contributed by atoms with E-state index in [1.165, 1.54) is 29.5 Å². The normalized spacial score (nSPS) is 15.4. The van der Waals surface area contributed by atoms with Crippen molar-refractivity contribution in [3.05, 3.63) is 93.5 Å². The molecule has 1 aliphatic heterocycles. The number of amides is 1. The van der Waals surface area contributed by atoms with Gasteiger partial charge < -0.3 is 15.7 Å². The second kappa shape index (κ2) is 10.5. The standard InChI is InChI=1S/C29H25FN6O3S/c1-36-11-3-4-23(36)17-8-10-27(31-15-17)32-22-14-20(34-35-28(22)38)16-7-9-19(30)21(12-16)33-29(39)26-13-18-24(37)5-2-6-25(18)40-26/h2,5-10,12-15,23,37H,3-4,11H2,1H3,(H,33,39)(H,35,38)(H,31,32,34). The number of nitrogens with zero attached hydrogens (tertiary/aromatic N) is 3. The molecule has 0 bridgehead atoms. The van der Waals surface area contributed by atoms with Crippen molar-refractivity contribution in [2.24, 2.45) is 0 Å². The number of benzene rings is 2. The van der Waals surface area contributed by atoms with Crippen LogP contribution in [0.1, 0.15) is 34.1 Å². The third-order valence-corrected chi connectivity index (χ3v) is 8.13. The summed E-state index contributed by atoms with van der Waals surface area (Å²) in [6.45, 7) is 1.06. The third-order valence-electron chi connectivity index (χ3n) is 7.03. The lowest BCUT2D eigenvalue weighted by Gasteiger charge is -2.19. The first-order valence-corrected chi connectivity index (χ1v) is 13.5. The molecule has 11 heteroatoms. The summed E-state index contributed by atoms with van der Waals surface area (Å²) in [5, 5.41) is 22.8. The lowest BCUT2D eigenvalue weighted by Crippen LogP contribution is -2.17. The second-order valence-electron chi connectivity index (χ2n) is 9.68. The van der Waals surface area contributed by atoms with Crippen molar-refractivity contribution in [2.45, 2.75) is 18.9 Å². The van der Waals surface area contributed by atoms with Crippen LogP contribution in [-0.2, 0) is 0 Å². The minimum absolute atomic E-state index is 0.0409. The van der Waals surface area contributed by atoms with E-state index < -0.39 is 17.3 Å². The molecule has 1 unspecified atom stereocenters. The first kappa shape index (κ1) is 25.7. The van der Waals surface area contributed by atoms with Crippen molar-refractivity contribution in [1.29, 1.82) is 0 Å². The summed E-state index contributed by atoms with van der Waals surface area (Å²) in [7, 11) is 2.10. The van der Waals surface area contributed by atoms with Crippen molar-refractivity contribution in [3.8, 4) is 17.0 Å². The van der Waals surface area contributed by atoms with E-state index in [-0.39, 0.29) is 17.1 Å². The van der Waals surface area contributed by atoms with Crippen LogP contribution in [0.2, 0.25) is 0 Å². The average Bonchev–Trinajstić information content (AvgIpc) is 3.59. The number of hydrogen-bond donors (Lipinski definition) is 4. The van der Waals surface area contributed by atoms with Crippen LogP contribution in [0.5, 0.6) is 5.75 Å². The fourth-order valence-electron chi connectivity index (χ4n) is 4.91. The number of phenolic OH excluding ortho intramolecular Hbond substituents is 1. The van der Waals surface area contributed by atoms with E-state index in [4.69, 9.17) is 0 Å². The molecule has 3 aromatic heterocycles. The number of anilines is 3. The number of rotatable bonds is 6. The van der Waals surface area contributed by atoms with E-state index in [2.05, 4.69) is 37.8 Å². The lowest BCUT2D eigenvalue weighted by molar-refractivity contribution is 0.103. The number of halogens is 1. The van der Waals surface area contributed by atoms with Crippen molar-refractivity contribution in [3.63, 3.8) is 0 Å². The van der Waals surface area contributed by atoms with Gasteiger partial charge in [-0.25, -0.2) is 14.5 Å². The monoisotopic (exact) mass is 556 g/mol. The zero-order valence-corrected chi connectivity index (χ0v) is 22.3. The Morgan fingerprint density at radius 3 is 2.77 bits per heavy atom. The van der Waals surface area contributed by atoms with Gasteiger partial charge in [-0.15, -0.1) is 11.3 Å². The minimum atomic E-state index is -0.624. The average molecular weight is 557 g/mol. The summed E-state index contributed by atoms with van der Waals surface area (Å²) in [6.07, 6.45) is 4.06. The number of pyridine rings is 1. The smallest absolute Gasteiger partial charge is 0.287 e. The third kappa shape index (κ3) is 5.04. The largest absolute Gasteiger partial charge is 0.507 e. The van der Waals surface area contributed by atoms with Crippen molar-refractivity contribution in [2.75, 3.05) is 24.2 Å². The molecule has 202 valence electrons. The summed E-state index contributed by atoms with van der Waals surface area (Å²) < 4.78 is 15.4. The summed E-state index contributed by atoms with van der Waals surface area (Å²) >= 11 is 1.19. The summed E-state index contributed by atoms with van der Waals surface area (Å²) in [5.41, 5.74) is 1.73. The number of carbonyl (C=O) groups excluding carboxylic acids is 1. The number of aromatic nitrogens is 3. The van der Waals surface area contributed by atoms with Gasteiger partial charge in [0, 0.05) is 27.9 Å². The number of thiophene rings is 1. The van der Waals surface area contributed by atoms with Crippen LogP contribution in [-0.4, -0.2) is 44.7 Å². The maximum atomic E-state index is 14.7. The number of carbonyl (C=O) groups is 1. The Kier molecular flexibility index (Phi) is 6.74. The summed E-state index contributed by atoms with van der Waals surface area (Å²) in [6, 6.07) is 16.5. The molecule has 9 nitrogen and oxygen atoms in total. The predicted octanol–water partition coefficient (Wildman–Crippen LogP) is 5.65. The first-order valence-electron chi connectivity index (χ1n) is 12.7. The number of fused-ring (bicyclic) bond motifs is 1. The zero-order valence-electron chi connectivity index (χ0n) is 21.4. The molecule has 1 aliphatic rings. The fourth-order valence-corrected chi connectivity index (χ4v) is 5.89. The highest BCUT2D eigenvalue weighted by molar-refractivity contribution is 7.21. The topological polar surface area (TPSA) is 123 Å². The van der Waals surface area contributed by atoms with Gasteiger partial charge in [-0.3, -0.25) is 14.5 Å². The fraction of sp³-hybridized carbons (Fsp3) is 0.172. The lowest BCUT2D eigenvalue weighted by atomic mass is 10.1. The molecule has 0 aliphatic carbocycles. The van der Waals surface area contributed by atoms with Gasteiger partial charge in [0.15, 0.2) is 0 Å². The zero-order chi connectivity index (χ0) is 27.8. The molecule has 2 aromatic carbocycles. The Labute approximate surface area is 232 Å². The Morgan fingerprint density at radius 1 is 1.15 bits per heavy atom. The van der Waals surface area contributed by atoms with Gasteiger partial charge >= 0.3 is 0 Å². The van der Waals surface area contributed by atoms with Crippen LogP contribution in [0, 0.1) is 5.82 Å². The number of aromatic hydroxyl groups is 1. The van der Waals surface area contributed by atoms with E-state index in [0.717, 1.165) is 29.6 Å². The first-order chi connectivity index (χ1) is 19.4. The number of nitrogens with one attached hydrogen (secondary N) is 3. The van der Waals surface area contributed by atoms with Crippen molar-refractivity contribution >= 4 is 44.5 Å². The van der Waals surface area contributed by atoms with Crippen molar-refractivity contribution < 1.29 is 14.3 Å². The SMILES string of the molecule is CN1CCCC1c1ccc(Nc2cc(-c3ccc(F)c(NC(=O)c4cc5c(O)cccc5s4)c3)n[nH]c2=O)nc1. The molecule has 0 saturated carbocycles. The van der Waals surface area contributed by atoms with Crippen LogP contribution in [0.4, 0.5) is 21.6 Å². The maximum Gasteiger partial charge on any atom is 0.287 e. The molecule has 0 spiro atoms. The molecule has 4 heterocycles. The molecule has 1 amide bonds. The van der Waals surface area contributed by atoms with Crippen LogP contribution in [0.25, 0.3) is 21.3 Å². The molecule has 1 fully saturated rings. The predicted molar refractivity (Wildman–Crippen MR) is 154 cm³/mol. The summed E-state index contributed by atoms with van der Waals surface area (Å²) in [5.74, 6) is -0.552. The molecular weight excluding hydrogens is 531 g/mol. The second-order valence-corrected chi connectivity index (χ2v) is 10.8. The van der Waals surface area contributed by atoms with Crippen LogP contribution < -0.4 is 16.2 Å². The Hall–Kier alpha value is -4.61. The van der Waals surface area contributed by atoms with Gasteiger partial charge in [-0.2, -0.15) is 5.10 Å². The van der Waals surface area contributed by atoms with E-state index >= 15 is 0 Å². The number of aromatic amines is 1. The van der Waals surface area contributed by atoms with E-state index in [1.54, 1.807) is 30.3 Å². The van der Waals surface area contributed by atoms with E-state index in [0.29, 0.717) is 33.4 Å². The molecule has 4 N–H and O–H groups in total. The highest BCUT2D eigenvalue weighted by Gasteiger charge is 2.22. The molecule has 6 rings (SSSR count). The van der Waals surface area contributed by atoms with Gasteiger partial charge in [0.25, 0.3) is 11.5 Å². The van der Waals surface area contributed by atoms with E-state index in [1.807, 2.05) is 18.3 Å². The van der Waals surface area contributed by atoms with Gasteiger partial charge in [-0.1, -0.05) is 12.1 Å². The Morgan fingerprint density at radius 2 is 2.02 bits per heavy atom. The molecular formula is C29H25FN6O3S. The quantitative estimate of drug-likeness (QED) is 0.213. The molecule has 5 aromatic rings. The van der Waals surface area contributed by atoms with Gasteiger partial charge in [0.1, 0.15) is 23.1 Å². The highest BCUT2D eigenvalue weighted by atomic mass is 32.1. The van der Waals surface area contributed by atoms with Gasteiger partial charge in [0.05, 0.1) is 16.3 Å². The molecule has 40 heavy (non-hydrogen) atoms. The Bertz CT molecular complexity index is 1790. The van der Waals surface area contributed by atoms with Crippen LogP contribution >= 0.6 is 11.3 Å². The number of hydrogen-bond acceptors (Lipinski definition) is 8. The van der Waals surface area contributed by atoms with Crippen LogP contribution in [0.15, 0.2) is 71.7 Å². The number of H-pyrrole nitrogens is 1. The number of likely N-dealkylation sites (tertiary alicyclic amines) is 1. The van der Waals surface area contributed by atoms with Gasteiger partial charge in [0.2, 0.25) is 0 Å². The molecule has 0 radical (unpaired) electrons. The minimum Gasteiger partial charge on any atom is -0.507 e. The van der Waals surface area contributed by atoms with Crippen molar-refractivity contribution in [1.82, 2.24) is 20.1 Å². The summed E-state index contributed by atoms with van der Waals surface area (Å²) in [4.78, 5) is 32.5. The molecule has 1 atom stereocenters. The Balaban J connectivity index is 1.22. The van der Waals surface area contributed by atoms with Gasteiger partial charge in [-0.05, 0) is 80.5 Å². The number of phenols is 1. The van der Waals surface area contributed by atoms with E-state index in [9.17, 15) is 19.1 Å². The highest BCUT2D eigenvalue weighted by Crippen LogP contribution is 2.33.